The first kappa shape index (κ1) is 23.9. The summed E-state index contributed by atoms with van der Waals surface area (Å²) in [5.41, 5.74) is 2.98. The summed E-state index contributed by atoms with van der Waals surface area (Å²) in [7, 11) is 0. The Morgan fingerprint density at radius 1 is 0.879 bits per heavy atom. The number of carbonyl (C=O) groups excluding carboxylic acids is 2. The Bertz CT molecular complexity index is 1100. The average Bonchev–Trinajstić information content (AvgIpc) is 2.80. The minimum Gasteiger partial charge on any atom is -0.493 e. The van der Waals surface area contributed by atoms with Crippen molar-refractivity contribution in [3.8, 4) is 5.75 Å². The zero-order valence-corrected chi connectivity index (χ0v) is 19.4. The minimum atomic E-state index is -0.326. The largest absolute Gasteiger partial charge is 0.493 e. The molecule has 3 rings (SSSR count). The van der Waals surface area contributed by atoms with Crippen LogP contribution in [0.2, 0.25) is 0 Å². The molecule has 0 spiro atoms. The smallest absolute Gasteiger partial charge is 0.257 e. The average molecular weight is 462 g/mol. The number of rotatable bonds is 8. The molecule has 0 aromatic heterocycles. The topological polar surface area (TPSA) is 79.5 Å². The standard InChI is InChI=1S/C26H27N3O3S/c1-18(2)24(30)27-21-9-6-10-22(17-21)28-26(33)29-25(31)20-11-13-23(14-12-20)32-16-15-19-7-4-3-5-8-19/h3-14,17-18H,15-16H2,1-2H3,(H,27,30)(H2,28,29,31,33). The molecule has 0 aliphatic heterocycles. The first-order valence-electron chi connectivity index (χ1n) is 10.7. The number of anilines is 2. The highest BCUT2D eigenvalue weighted by molar-refractivity contribution is 7.80. The zero-order chi connectivity index (χ0) is 23.6. The molecule has 2 amide bonds. The van der Waals surface area contributed by atoms with Crippen LogP contribution >= 0.6 is 12.2 Å². The van der Waals surface area contributed by atoms with Crippen LogP contribution in [0.3, 0.4) is 0 Å². The van der Waals surface area contributed by atoms with Crippen LogP contribution in [0, 0.1) is 5.92 Å². The predicted octanol–water partition coefficient (Wildman–Crippen LogP) is 5.03. The lowest BCUT2D eigenvalue weighted by Gasteiger charge is -2.12. The lowest BCUT2D eigenvalue weighted by molar-refractivity contribution is -0.118. The van der Waals surface area contributed by atoms with Crippen molar-refractivity contribution in [3.05, 3.63) is 90.0 Å². The van der Waals surface area contributed by atoms with Gasteiger partial charge in [0.15, 0.2) is 5.11 Å². The molecule has 33 heavy (non-hydrogen) atoms. The van der Waals surface area contributed by atoms with Crippen molar-refractivity contribution >= 4 is 40.5 Å². The van der Waals surface area contributed by atoms with Crippen molar-refractivity contribution in [1.29, 1.82) is 0 Å². The van der Waals surface area contributed by atoms with E-state index < -0.39 is 0 Å². The summed E-state index contributed by atoms with van der Waals surface area (Å²) in [6, 6.07) is 24.1. The van der Waals surface area contributed by atoms with Gasteiger partial charge in [-0.25, -0.2) is 0 Å². The van der Waals surface area contributed by atoms with E-state index in [0.717, 1.165) is 6.42 Å². The summed E-state index contributed by atoms with van der Waals surface area (Å²) in [6.45, 7) is 4.21. The van der Waals surface area contributed by atoms with Crippen molar-refractivity contribution in [3.63, 3.8) is 0 Å². The third kappa shape index (κ3) is 7.73. The van der Waals surface area contributed by atoms with E-state index in [9.17, 15) is 9.59 Å². The van der Waals surface area contributed by atoms with E-state index in [4.69, 9.17) is 17.0 Å². The Hall–Kier alpha value is -3.71. The summed E-state index contributed by atoms with van der Waals surface area (Å²) < 4.78 is 5.76. The third-order valence-corrected chi connectivity index (χ3v) is 4.96. The molecule has 0 aliphatic rings. The predicted molar refractivity (Wildman–Crippen MR) is 136 cm³/mol. The van der Waals surface area contributed by atoms with Gasteiger partial charge in [-0.2, -0.15) is 0 Å². The lowest BCUT2D eigenvalue weighted by Crippen LogP contribution is -2.34. The summed E-state index contributed by atoms with van der Waals surface area (Å²) in [5, 5.41) is 8.62. The number of hydrogen-bond donors (Lipinski definition) is 3. The minimum absolute atomic E-state index is 0.0736. The van der Waals surface area contributed by atoms with E-state index >= 15 is 0 Å². The molecule has 0 heterocycles. The summed E-state index contributed by atoms with van der Waals surface area (Å²) in [5.74, 6) is 0.175. The Morgan fingerprint density at radius 2 is 1.55 bits per heavy atom. The molecule has 0 fully saturated rings. The van der Waals surface area contributed by atoms with Gasteiger partial charge in [0.25, 0.3) is 5.91 Å². The van der Waals surface area contributed by atoms with E-state index in [0.29, 0.717) is 29.3 Å². The molecule has 0 saturated heterocycles. The molecule has 6 nitrogen and oxygen atoms in total. The molecule has 0 atom stereocenters. The van der Waals surface area contributed by atoms with Gasteiger partial charge in [0.1, 0.15) is 5.75 Å². The van der Waals surface area contributed by atoms with Gasteiger partial charge in [-0.1, -0.05) is 50.2 Å². The highest BCUT2D eigenvalue weighted by Crippen LogP contribution is 2.16. The SMILES string of the molecule is CC(C)C(=O)Nc1cccc(NC(=S)NC(=O)c2ccc(OCCc3ccccc3)cc2)c1. The van der Waals surface area contributed by atoms with Crippen molar-refractivity contribution in [2.45, 2.75) is 20.3 Å². The van der Waals surface area contributed by atoms with Crippen LogP contribution in [0.15, 0.2) is 78.9 Å². The molecule has 0 unspecified atom stereocenters. The van der Waals surface area contributed by atoms with Gasteiger partial charge >= 0.3 is 0 Å². The number of carbonyl (C=O) groups is 2. The van der Waals surface area contributed by atoms with Crippen LogP contribution < -0.4 is 20.7 Å². The van der Waals surface area contributed by atoms with Crippen molar-refractivity contribution in [2.24, 2.45) is 5.92 Å². The number of hydrogen-bond acceptors (Lipinski definition) is 4. The molecular formula is C26H27N3O3S. The van der Waals surface area contributed by atoms with E-state index in [2.05, 4.69) is 28.1 Å². The molecule has 3 N–H and O–H groups in total. The number of thiocarbonyl (C=S) groups is 1. The van der Waals surface area contributed by atoms with E-state index in [1.165, 1.54) is 5.56 Å². The van der Waals surface area contributed by atoms with E-state index in [-0.39, 0.29) is 22.8 Å². The molecule has 3 aromatic carbocycles. The lowest BCUT2D eigenvalue weighted by atomic mass is 10.2. The molecule has 7 heteroatoms. The quantitative estimate of drug-likeness (QED) is 0.410. The number of nitrogens with one attached hydrogen (secondary N) is 3. The Balaban J connectivity index is 1.48. The van der Waals surface area contributed by atoms with Crippen molar-refractivity contribution in [1.82, 2.24) is 5.32 Å². The van der Waals surface area contributed by atoms with Gasteiger partial charge in [-0.3, -0.25) is 14.9 Å². The maximum absolute atomic E-state index is 12.5. The second-order valence-electron chi connectivity index (χ2n) is 7.74. The van der Waals surface area contributed by atoms with Crippen LogP contribution in [0.5, 0.6) is 5.75 Å². The fraction of sp³-hybridized carbons (Fsp3) is 0.192. The first-order valence-corrected chi connectivity index (χ1v) is 11.1. The molecule has 0 saturated carbocycles. The van der Waals surface area contributed by atoms with Crippen LogP contribution in [-0.2, 0) is 11.2 Å². The molecule has 0 radical (unpaired) electrons. The van der Waals surface area contributed by atoms with E-state index in [1.807, 2.05) is 32.0 Å². The second-order valence-corrected chi connectivity index (χ2v) is 8.15. The maximum atomic E-state index is 12.5. The third-order valence-electron chi connectivity index (χ3n) is 4.76. The Morgan fingerprint density at radius 3 is 2.21 bits per heavy atom. The first-order chi connectivity index (χ1) is 15.9. The van der Waals surface area contributed by atoms with Crippen LogP contribution in [0.4, 0.5) is 11.4 Å². The van der Waals surface area contributed by atoms with Gasteiger partial charge in [0, 0.05) is 29.3 Å². The van der Waals surface area contributed by atoms with Gasteiger partial charge in [0.05, 0.1) is 6.61 Å². The summed E-state index contributed by atoms with van der Waals surface area (Å²) in [6.07, 6.45) is 0.811. The van der Waals surface area contributed by atoms with Crippen LogP contribution in [-0.4, -0.2) is 23.5 Å². The molecule has 170 valence electrons. The summed E-state index contributed by atoms with van der Waals surface area (Å²) >= 11 is 5.26. The Labute approximate surface area is 199 Å². The Kier molecular flexibility index (Phi) is 8.55. The monoisotopic (exact) mass is 461 g/mol. The highest BCUT2D eigenvalue weighted by atomic mass is 32.1. The van der Waals surface area contributed by atoms with Crippen LogP contribution in [0.25, 0.3) is 0 Å². The summed E-state index contributed by atoms with van der Waals surface area (Å²) in [4.78, 5) is 24.4. The molecule has 0 aliphatic carbocycles. The van der Waals surface area contributed by atoms with Crippen molar-refractivity contribution < 1.29 is 14.3 Å². The van der Waals surface area contributed by atoms with E-state index in [1.54, 1.807) is 48.5 Å². The highest BCUT2D eigenvalue weighted by Gasteiger charge is 2.10. The molecule has 0 bridgehead atoms. The second kappa shape index (κ2) is 11.8. The number of amides is 2. The fourth-order valence-corrected chi connectivity index (χ4v) is 3.14. The molecular weight excluding hydrogens is 434 g/mol. The van der Waals surface area contributed by atoms with Crippen LogP contribution in [0.1, 0.15) is 29.8 Å². The van der Waals surface area contributed by atoms with Gasteiger partial charge in [-0.05, 0) is 60.2 Å². The zero-order valence-electron chi connectivity index (χ0n) is 18.6. The van der Waals surface area contributed by atoms with Gasteiger partial charge in [0.2, 0.25) is 5.91 Å². The van der Waals surface area contributed by atoms with Gasteiger partial charge < -0.3 is 15.4 Å². The van der Waals surface area contributed by atoms with Gasteiger partial charge in [-0.15, -0.1) is 0 Å². The molecule has 3 aromatic rings. The van der Waals surface area contributed by atoms with Crippen molar-refractivity contribution in [2.75, 3.05) is 17.2 Å². The number of benzene rings is 3. The normalized spacial score (nSPS) is 10.4. The maximum Gasteiger partial charge on any atom is 0.257 e. The fourth-order valence-electron chi connectivity index (χ4n) is 2.93. The number of ether oxygens (including phenoxy) is 1.